The summed E-state index contributed by atoms with van der Waals surface area (Å²) in [6, 6.07) is -0.226. The first-order chi connectivity index (χ1) is 9.68. The SMILES string of the molecule is CC1CCCC(C)C12NC(=O)N(CCNC(C)(C)C)C2=O. The van der Waals surface area contributed by atoms with Crippen LogP contribution in [0.1, 0.15) is 53.9 Å². The molecule has 5 heteroatoms. The molecular formula is C16H29N3O2. The van der Waals surface area contributed by atoms with Gasteiger partial charge in [-0.15, -0.1) is 0 Å². The first kappa shape index (κ1) is 16.3. The van der Waals surface area contributed by atoms with Gasteiger partial charge in [-0.25, -0.2) is 4.79 Å². The fraction of sp³-hybridized carbons (Fsp3) is 0.875. The summed E-state index contributed by atoms with van der Waals surface area (Å²) in [5, 5.41) is 6.36. The molecule has 2 aliphatic rings. The van der Waals surface area contributed by atoms with Gasteiger partial charge < -0.3 is 10.6 Å². The summed E-state index contributed by atoms with van der Waals surface area (Å²) in [5.41, 5.74) is -0.681. The van der Waals surface area contributed by atoms with Crippen molar-refractivity contribution in [3.63, 3.8) is 0 Å². The smallest absolute Gasteiger partial charge is 0.323 e. The Kier molecular flexibility index (Phi) is 4.34. The molecule has 0 radical (unpaired) electrons. The minimum atomic E-state index is -0.670. The van der Waals surface area contributed by atoms with Crippen LogP contribution in [0, 0.1) is 11.8 Å². The Morgan fingerprint density at radius 2 is 1.81 bits per heavy atom. The van der Waals surface area contributed by atoms with Crippen molar-refractivity contribution in [3.05, 3.63) is 0 Å². The van der Waals surface area contributed by atoms with Crippen LogP contribution in [0.25, 0.3) is 0 Å². The molecule has 1 aliphatic carbocycles. The second-order valence-electron chi connectivity index (χ2n) is 7.67. The third-order valence-corrected chi connectivity index (χ3v) is 4.98. The van der Waals surface area contributed by atoms with E-state index in [-0.39, 0.29) is 29.3 Å². The molecule has 1 spiro atoms. The highest BCUT2D eigenvalue weighted by atomic mass is 16.2. The summed E-state index contributed by atoms with van der Waals surface area (Å²) in [7, 11) is 0. The van der Waals surface area contributed by atoms with E-state index in [9.17, 15) is 9.59 Å². The quantitative estimate of drug-likeness (QED) is 0.784. The topological polar surface area (TPSA) is 61.4 Å². The molecule has 0 aromatic heterocycles. The number of hydrogen-bond donors (Lipinski definition) is 2. The van der Waals surface area contributed by atoms with Gasteiger partial charge in [0.1, 0.15) is 5.54 Å². The molecule has 0 aromatic carbocycles. The lowest BCUT2D eigenvalue weighted by atomic mass is 9.67. The van der Waals surface area contributed by atoms with Crippen LogP contribution in [0.3, 0.4) is 0 Å². The van der Waals surface area contributed by atoms with Crippen molar-refractivity contribution >= 4 is 11.9 Å². The van der Waals surface area contributed by atoms with Crippen LogP contribution in [0.5, 0.6) is 0 Å². The van der Waals surface area contributed by atoms with E-state index in [1.54, 1.807) is 0 Å². The van der Waals surface area contributed by atoms with Gasteiger partial charge in [0.15, 0.2) is 0 Å². The average Bonchev–Trinajstić information content (AvgIpc) is 2.60. The molecule has 3 amide bonds. The number of carbonyl (C=O) groups excluding carboxylic acids is 2. The first-order valence-electron chi connectivity index (χ1n) is 8.07. The van der Waals surface area contributed by atoms with Crippen LogP contribution in [-0.2, 0) is 4.79 Å². The van der Waals surface area contributed by atoms with E-state index in [2.05, 4.69) is 45.3 Å². The normalized spacial score (nSPS) is 33.7. The molecule has 1 aliphatic heterocycles. The van der Waals surface area contributed by atoms with Crippen LogP contribution in [0.2, 0.25) is 0 Å². The highest BCUT2D eigenvalue weighted by Crippen LogP contribution is 2.41. The van der Waals surface area contributed by atoms with Crippen LogP contribution < -0.4 is 10.6 Å². The summed E-state index contributed by atoms with van der Waals surface area (Å²) in [5.74, 6) is 0.388. The van der Waals surface area contributed by atoms with E-state index in [0.717, 1.165) is 19.3 Å². The van der Waals surface area contributed by atoms with E-state index in [0.29, 0.717) is 13.1 Å². The van der Waals surface area contributed by atoms with Gasteiger partial charge in [0, 0.05) is 18.6 Å². The zero-order chi connectivity index (χ0) is 15.8. The fourth-order valence-electron chi connectivity index (χ4n) is 3.70. The van der Waals surface area contributed by atoms with Crippen molar-refractivity contribution < 1.29 is 9.59 Å². The highest BCUT2D eigenvalue weighted by molar-refractivity contribution is 6.07. The Balaban J connectivity index is 2.09. The lowest BCUT2D eigenvalue weighted by Gasteiger charge is -2.42. The maximum absolute atomic E-state index is 12.9. The molecule has 0 aromatic rings. The Labute approximate surface area is 127 Å². The van der Waals surface area contributed by atoms with Gasteiger partial charge >= 0.3 is 6.03 Å². The Bertz CT molecular complexity index is 418. The van der Waals surface area contributed by atoms with Crippen LogP contribution in [0.4, 0.5) is 4.79 Å². The minimum absolute atomic E-state index is 0.0116. The maximum atomic E-state index is 12.9. The minimum Gasteiger partial charge on any atom is -0.323 e. The molecule has 1 saturated heterocycles. The monoisotopic (exact) mass is 295 g/mol. The van der Waals surface area contributed by atoms with Crippen molar-refractivity contribution in [1.82, 2.24) is 15.5 Å². The number of nitrogens with zero attached hydrogens (tertiary/aromatic N) is 1. The maximum Gasteiger partial charge on any atom is 0.325 e. The molecule has 2 fully saturated rings. The number of amides is 3. The predicted molar refractivity (Wildman–Crippen MR) is 82.9 cm³/mol. The van der Waals surface area contributed by atoms with Crippen molar-refractivity contribution in [3.8, 4) is 0 Å². The molecule has 2 atom stereocenters. The number of urea groups is 1. The van der Waals surface area contributed by atoms with Crippen molar-refractivity contribution in [2.24, 2.45) is 11.8 Å². The number of nitrogens with one attached hydrogen (secondary N) is 2. The first-order valence-corrected chi connectivity index (χ1v) is 8.07. The van der Waals surface area contributed by atoms with Crippen molar-refractivity contribution in [2.45, 2.75) is 65.0 Å². The van der Waals surface area contributed by atoms with Gasteiger partial charge in [-0.05, 0) is 45.4 Å². The molecule has 0 bridgehead atoms. The summed E-state index contributed by atoms with van der Waals surface area (Å²) < 4.78 is 0. The van der Waals surface area contributed by atoms with Gasteiger partial charge in [-0.1, -0.05) is 20.3 Å². The standard InChI is InChI=1S/C16H29N3O2/c1-11-7-6-8-12(2)16(11)13(20)19(14(21)18-16)10-9-17-15(3,4)5/h11-12,17H,6-10H2,1-5H3,(H,18,21). The van der Waals surface area contributed by atoms with E-state index in [1.807, 2.05) is 0 Å². The van der Waals surface area contributed by atoms with Crippen LogP contribution >= 0.6 is 0 Å². The summed E-state index contributed by atoms with van der Waals surface area (Å²) >= 11 is 0. The zero-order valence-corrected chi connectivity index (χ0v) is 14.0. The Morgan fingerprint density at radius 3 is 2.33 bits per heavy atom. The van der Waals surface area contributed by atoms with Gasteiger partial charge in [0.05, 0.1) is 0 Å². The summed E-state index contributed by atoms with van der Waals surface area (Å²) in [4.78, 5) is 26.6. The van der Waals surface area contributed by atoms with Gasteiger partial charge in [-0.3, -0.25) is 9.69 Å². The third-order valence-electron chi connectivity index (χ3n) is 4.98. The number of carbonyl (C=O) groups is 2. The van der Waals surface area contributed by atoms with Gasteiger partial charge in [0.25, 0.3) is 5.91 Å². The molecule has 21 heavy (non-hydrogen) atoms. The van der Waals surface area contributed by atoms with E-state index in [4.69, 9.17) is 0 Å². The third kappa shape index (κ3) is 2.93. The molecular weight excluding hydrogens is 266 g/mol. The van der Waals surface area contributed by atoms with Crippen molar-refractivity contribution in [1.29, 1.82) is 0 Å². The van der Waals surface area contributed by atoms with Crippen LogP contribution in [-0.4, -0.2) is 41.0 Å². The molecule has 5 nitrogen and oxygen atoms in total. The average molecular weight is 295 g/mol. The van der Waals surface area contributed by atoms with Gasteiger partial charge in [0.2, 0.25) is 0 Å². The molecule has 1 heterocycles. The van der Waals surface area contributed by atoms with Crippen molar-refractivity contribution in [2.75, 3.05) is 13.1 Å². The summed E-state index contributed by atoms with van der Waals surface area (Å²) in [6.45, 7) is 11.5. The zero-order valence-electron chi connectivity index (χ0n) is 14.0. The second-order valence-corrected chi connectivity index (χ2v) is 7.67. The molecule has 120 valence electrons. The van der Waals surface area contributed by atoms with Crippen LogP contribution in [0.15, 0.2) is 0 Å². The molecule has 2 unspecified atom stereocenters. The number of rotatable bonds is 3. The number of hydrogen-bond acceptors (Lipinski definition) is 3. The highest BCUT2D eigenvalue weighted by Gasteiger charge is 2.58. The molecule has 1 saturated carbocycles. The lowest BCUT2D eigenvalue weighted by molar-refractivity contribution is -0.136. The summed E-state index contributed by atoms with van der Waals surface area (Å²) in [6.07, 6.45) is 3.15. The fourth-order valence-corrected chi connectivity index (χ4v) is 3.70. The predicted octanol–water partition coefficient (Wildman–Crippen LogP) is 2.12. The Hall–Kier alpha value is -1.10. The lowest BCUT2D eigenvalue weighted by Crippen LogP contribution is -2.59. The molecule has 2 rings (SSSR count). The van der Waals surface area contributed by atoms with E-state index < -0.39 is 5.54 Å². The van der Waals surface area contributed by atoms with Gasteiger partial charge in [-0.2, -0.15) is 0 Å². The molecule has 2 N–H and O–H groups in total. The van der Waals surface area contributed by atoms with E-state index in [1.165, 1.54) is 4.90 Å². The van der Waals surface area contributed by atoms with E-state index >= 15 is 0 Å². The number of imide groups is 1. The Morgan fingerprint density at radius 1 is 1.24 bits per heavy atom. The largest absolute Gasteiger partial charge is 0.325 e. The second kappa shape index (κ2) is 5.59.